The summed E-state index contributed by atoms with van der Waals surface area (Å²) in [7, 11) is 2.34. The van der Waals surface area contributed by atoms with Gasteiger partial charge in [0, 0.05) is 32.3 Å². The number of tetrazole rings is 1. The lowest BCUT2D eigenvalue weighted by Crippen LogP contribution is -2.29. The van der Waals surface area contributed by atoms with Gasteiger partial charge in [-0.1, -0.05) is 6.07 Å². The molecule has 1 fully saturated rings. The molecule has 0 bridgehead atoms. The average Bonchev–Trinajstić information content (AvgIpc) is 3.87. The Morgan fingerprint density at radius 3 is 2.49 bits per heavy atom. The molecule has 49 heavy (non-hydrogen) atoms. The number of pyridine rings is 1. The number of ether oxygens (including phenoxy) is 3. The third-order valence-corrected chi connectivity index (χ3v) is 8.07. The largest absolute Gasteiger partial charge is 0.527 e. The van der Waals surface area contributed by atoms with Crippen molar-refractivity contribution in [3.05, 3.63) is 65.1 Å². The second-order valence-electron chi connectivity index (χ2n) is 10.5. The minimum Gasteiger partial charge on any atom is -0.494 e. The van der Waals surface area contributed by atoms with Crippen LogP contribution >= 0.6 is 7.82 Å². The van der Waals surface area contributed by atoms with Gasteiger partial charge in [0.05, 0.1) is 43.3 Å². The van der Waals surface area contributed by atoms with Crippen molar-refractivity contribution >= 4 is 37.1 Å². The summed E-state index contributed by atoms with van der Waals surface area (Å²) >= 11 is 0. The van der Waals surface area contributed by atoms with E-state index in [1.165, 1.54) is 55.0 Å². The van der Waals surface area contributed by atoms with E-state index >= 15 is 0 Å². The second kappa shape index (κ2) is 14.7. The second-order valence-corrected chi connectivity index (χ2v) is 12.0. The zero-order valence-electron chi connectivity index (χ0n) is 27.1. The van der Waals surface area contributed by atoms with Crippen LogP contribution in [0.15, 0.2) is 53.7 Å². The van der Waals surface area contributed by atoms with Crippen LogP contribution in [0.5, 0.6) is 17.2 Å². The number of para-hydroxylation sites is 1. The summed E-state index contributed by atoms with van der Waals surface area (Å²) in [5, 5.41) is 17.8. The first-order valence-electron chi connectivity index (χ1n) is 14.6. The van der Waals surface area contributed by atoms with Crippen LogP contribution in [-0.4, -0.2) is 75.8 Å². The van der Waals surface area contributed by atoms with Crippen LogP contribution in [0, 0.1) is 5.92 Å². The normalized spacial score (nSPS) is 14.0. The Kier molecular flexibility index (Phi) is 10.4. The maximum Gasteiger partial charge on any atom is 0.527 e. The summed E-state index contributed by atoms with van der Waals surface area (Å²) in [4.78, 5) is 55.0. The van der Waals surface area contributed by atoms with Crippen molar-refractivity contribution in [3.63, 3.8) is 0 Å². The summed E-state index contributed by atoms with van der Waals surface area (Å²) in [6, 6.07) is 10.5. The van der Waals surface area contributed by atoms with Gasteiger partial charge in [0.25, 0.3) is 5.91 Å². The van der Waals surface area contributed by atoms with Gasteiger partial charge in [-0.3, -0.25) is 23.6 Å². The fourth-order valence-corrected chi connectivity index (χ4v) is 5.01. The van der Waals surface area contributed by atoms with Crippen LogP contribution in [0.1, 0.15) is 33.6 Å². The van der Waals surface area contributed by atoms with Crippen LogP contribution < -0.4 is 30.0 Å². The number of aryl methyl sites for hydroxylation is 1. The number of amides is 2. The highest BCUT2D eigenvalue weighted by atomic mass is 31.2. The molecule has 4 aromatic rings. The fourth-order valence-electron chi connectivity index (χ4n) is 4.55. The number of benzene rings is 2. The SMILES string of the molecule is CNC(=O)c1cn(COC(=O)c2ccc(OC)c(OP(=O)(O)OC)c2)c(NC(=O)C2CC2)cc1=Nc1cccc(-c2nnn(C)n2)c1OC. The molecule has 1 atom stereocenters. The first-order chi connectivity index (χ1) is 23.5. The lowest BCUT2D eigenvalue weighted by atomic mass is 10.1. The molecular formula is C30H33N8O10P. The van der Waals surface area contributed by atoms with E-state index in [0.29, 0.717) is 22.8 Å². The van der Waals surface area contributed by atoms with Crippen LogP contribution in [0.2, 0.25) is 0 Å². The zero-order valence-corrected chi connectivity index (χ0v) is 28.0. The fraction of sp³-hybridized carbons (Fsp3) is 0.300. The highest BCUT2D eigenvalue weighted by Crippen LogP contribution is 2.46. The molecule has 0 aliphatic heterocycles. The van der Waals surface area contributed by atoms with Gasteiger partial charge >= 0.3 is 13.8 Å². The average molecular weight is 697 g/mol. The Hall–Kier alpha value is -5.58. The van der Waals surface area contributed by atoms with Crippen LogP contribution in [0.4, 0.5) is 11.5 Å². The molecular weight excluding hydrogens is 663 g/mol. The lowest BCUT2D eigenvalue weighted by Gasteiger charge is -2.18. The van der Waals surface area contributed by atoms with E-state index in [0.717, 1.165) is 26.0 Å². The first kappa shape index (κ1) is 34.7. The van der Waals surface area contributed by atoms with Gasteiger partial charge in [-0.15, -0.1) is 10.2 Å². The molecule has 2 amide bonds. The molecule has 1 unspecified atom stereocenters. The Bertz CT molecular complexity index is 2020. The summed E-state index contributed by atoms with van der Waals surface area (Å²) < 4.78 is 39.2. The quantitative estimate of drug-likeness (QED) is 0.135. The Morgan fingerprint density at radius 1 is 1.08 bits per heavy atom. The summed E-state index contributed by atoms with van der Waals surface area (Å²) in [5.74, 6) is -1.20. The van der Waals surface area contributed by atoms with Gasteiger partial charge in [0.1, 0.15) is 11.5 Å². The first-order valence-corrected chi connectivity index (χ1v) is 16.1. The minimum absolute atomic E-state index is 0.0567. The van der Waals surface area contributed by atoms with Gasteiger partial charge in [0.15, 0.2) is 24.0 Å². The molecule has 0 radical (unpaired) electrons. The Labute approximate surface area is 279 Å². The molecule has 2 aromatic heterocycles. The molecule has 3 N–H and O–H groups in total. The Morgan fingerprint density at radius 2 is 1.86 bits per heavy atom. The topological polar surface area (TPSA) is 220 Å². The maximum absolute atomic E-state index is 13.2. The van der Waals surface area contributed by atoms with Crippen LogP contribution in [0.25, 0.3) is 11.4 Å². The molecule has 0 spiro atoms. The predicted molar refractivity (Wildman–Crippen MR) is 171 cm³/mol. The number of hydrogen-bond acceptors (Lipinski definition) is 13. The number of nitrogens with one attached hydrogen (secondary N) is 2. The van der Waals surface area contributed by atoms with Gasteiger partial charge in [0.2, 0.25) is 11.7 Å². The number of anilines is 1. The van der Waals surface area contributed by atoms with Crippen LogP contribution in [0.3, 0.4) is 0 Å². The number of phosphoric ester groups is 1. The number of phosphoric acid groups is 1. The standard InChI is InChI=1S/C30H33N8O10P/c1-31-29(40)20-15-38(16-47-30(41)18-11-12-23(44-3)24(13-18)48-49(42,43)46-5)25(33-28(39)17-9-10-17)14-22(20)32-21-8-6-7-19(26(21)45-4)27-34-36-37(2)35-27/h6-8,11-15,17H,9-10,16H2,1-5H3,(H,31,40)(H,33,39)(H,42,43). The van der Waals surface area contributed by atoms with Gasteiger partial charge in [-0.25, -0.2) is 14.4 Å². The van der Waals surface area contributed by atoms with E-state index in [9.17, 15) is 23.8 Å². The van der Waals surface area contributed by atoms with Crippen molar-refractivity contribution in [3.8, 4) is 28.6 Å². The lowest BCUT2D eigenvalue weighted by molar-refractivity contribution is -0.117. The molecule has 2 aromatic carbocycles. The van der Waals surface area contributed by atoms with Crippen LogP contribution in [-0.2, 0) is 32.4 Å². The van der Waals surface area contributed by atoms with E-state index < -0.39 is 26.4 Å². The molecule has 18 nitrogen and oxygen atoms in total. The van der Waals surface area contributed by atoms with Crippen molar-refractivity contribution in [2.75, 3.05) is 33.7 Å². The summed E-state index contributed by atoms with van der Waals surface area (Å²) in [6.07, 6.45) is 2.83. The number of carbonyl (C=O) groups excluding carboxylic acids is 3. The Balaban J connectivity index is 1.54. The van der Waals surface area contributed by atoms with E-state index in [-0.39, 0.29) is 45.6 Å². The van der Waals surface area contributed by atoms with Crippen molar-refractivity contribution in [2.24, 2.45) is 18.0 Å². The van der Waals surface area contributed by atoms with Gasteiger partial charge in [-0.2, -0.15) is 4.80 Å². The smallest absolute Gasteiger partial charge is 0.494 e. The monoisotopic (exact) mass is 696 g/mol. The maximum atomic E-state index is 13.2. The van der Waals surface area contributed by atoms with Crippen molar-refractivity contribution < 1.29 is 47.1 Å². The number of hydrogen-bond donors (Lipinski definition) is 3. The number of methoxy groups -OCH3 is 2. The van der Waals surface area contributed by atoms with Gasteiger partial charge in [-0.05, 0) is 48.4 Å². The summed E-state index contributed by atoms with van der Waals surface area (Å²) in [5.41, 5.74) is 0.861. The highest BCUT2D eigenvalue weighted by molar-refractivity contribution is 7.47. The molecule has 258 valence electrons. The molecule has 0 saturated heterocycles. The third-order valence-electron chi connectivity index (χ3n) is 7.18. The van der Waals surface area contributed by atoms with Crippen molar-refractivity contribution in [1.82, 2.24) is 30.1 Å². The van der Waals surface area contributed by atoms with E-state index in [4.69, 9.17) is 23.7 Å². The minimum atomic E-state index is -4.48. The van der Waals surface area contributed by atoms with E-state index in [2.05, 4.69) is 30.6 Å². The number of aromatic nitrogens is 5. The highest BCUT2D eigenvalue weighted by Gasteiger charge is 2.30. The molecule has 19 heteroatoms. The number of carbonyl (C=O) groups is 3. The van der Waals surface area contributed by atoms with E-state index in [1.807, 2.05) is 0 Å². The van der Waals surface area contributed by atoms with Gasteiger partial charge < -0.3 is 29.4 Å². The third kappa shape index (κ3) is 8.11. The van der Waals surface area contributed by atoms with Crippen molar-refractivity contribution in [2.45, 2.75) is 19.6 Å². The number of nitrogens with zero attached hydrogens (tertiary/aromatic N) is 6. The van der Waals surface area contributed by atoms with E-state index in [1.54, 1.807) is 25.2 Å². The van der Waals surface area contributed by atoms with Crippen molar-refractivity contribution in [1.29, 1.82) is 0 Å². The predicted octanol–water partition coefficient (Wildman–Crippen LogP) is 2.58. The molecule has 1 saturated carbocycles. The molecule has 5 rings (SSSR count). The number of esters is 1. The molecule has 1 aliphatic carbocycles. The number of rotatable bonds is 13. The molecule has 2 heterocycles. The zero-order chi connectivity index (χ0) is 35.3. The molecule has 1 aliphatic rings. The summed E-state index contributed by atoms with van der Waals surface area (Å²) in [6.45, 7) is -0.459.